The molecule has 3 heterocycles. The van der Waals surface area contributed by atoms with Crippen molar-refractivity contribution < 1.29 is 35.9 Å². The summed E-state index contributed by atoms with van der Waals surface area (Å²) in [7, 11) is 0. The molecular formula is C29H24Br2F6N2O2. The van der Waals surface area contributed by atoms with Crippen molar-refractivity contribution in [2.24, 2.45) is 0 Å². The second kappa shape index (κ2) is 13.3. The van der Waals surface area contributed by atoms with E-state index in [0.717, 1.165) is 30.5 Å². The second-order valence-corrected chi connectivity index (χ2v) is 10.1. The number of halogens is 8. The molecule has 4 nitrogen and oxygen atoms in total. The van der Waals surface area contributed by atoms with Crippen molar-refractivity contribution in [3.05, 3.63) is 128 Å². The van der Waals surface area contributed by atoms with Crippen molar-refractivity contribution in [2.75, 3.05) is 6.61 Å². The predicted molar refractivity (Wildman–Crippen MR) is 150 cm³/mol. The maximum atomic E-state index is 14.6. The molecule has 1 fully saturated rings. The van der Waals surface area contributed by atoms with E-state index in [-0.39, 0.29) is 27.0 Å². The summed E-state index contributed by atoms with van der Waals surface area (Å²) < 4.78 is 90.4. The van der Waals surface area contributed by atoms with Gasteiger partial charge in [0.1, 0.15) is 23.0 Å². The zero-order chi connectivity index (χ0) is 28.4. The summed E-state index contributed by atoms with van der Waals surface area (Å²) in [6, 6.07) is 15.1. The van der Waals surface area contributed by atoms with Gasteiger partial charge in [-0.2, -0.15) is 17.6 Å². The van der Waals surface area contributed by atoms with E-state index in [2.05, 4.69) is 41.8 Å². The number of alkyl halides is 4. The molecule has 2 aromatic carbocycles. The lowest BCUT2D eigenvalue weighted by molar-refractivity contribution is -0.0901. The quantitative estimate of drug-likeness (QED) is 0.114. The summed E-state index contributed by atoms with van der Waals surface area (Å²) >= 11 is 6.19. The van der Waals surface area contributed by atoms with Crippen molar-refractivity contribution in [2.45, 2.75) is 32.3 Å². The Morgan fingerprint density at radius 3 is 1.71 bits per heavy atom. The van der Waals surface area contributed by atoms with E-state index in [4.69, 9.17) is 4.74 Å². The fourth-order valence-corrected chi connectivity index (χ4v) is 4.10. The van der Waals surface area contributed by atoms with E-state index in [9.17, 15) is 31.1 Å². The topological polar surface area (TPSA) is 55.4 Å². The summed E-state index contributed by atoms with van der Waals surface area (Å²) in [6.07, 6.45) is 2.43. The molecule has 0 spiro atoms. The minimum Gasteiger partial charge on any atom is -0.357 e. The van der Waals surface area contributed by atoms with Gasteiger partial charge in [0.15, 0.2) is 5.60 Å². The van der Waals surface area contributed by atoms with Crippen LogP contribution in [0.1, 0.15) is 42.2 Å². The number of carbonyl (C=O) groups is 1. The normalized spacial score (nSPS) is 15.9. The van der Waals surface area contributed by atoms with Crippen LogP contribution in [0.15, 0.2) is 94.1 Å². The van der Waals surface area contributed by atoms with E-state index in [1.807, 2.05) is 0 Å². The second-order valence-electron chi connectivity index (χ2n) is 8.28. The van der Waals surface area contributed by atoms with Gasteiger partial charge in [-0.1, -0.05) is 45.2 Å². The minimum absolute atomic E-state index is 0. The predicted octanol–water partition coefficient (Wildman–Crippen LogP) is 9.23. The zero-order valence-electron chi connectivity index (χ0n) is 19.5. The Hall–Kier alpha value is -3.09. The Bertz CT molecular complexity index is 1480. The maximum Gasteiger partial charge on any atom is 0.351 e. The molecule has 0 amide bonds. The van der Waals surface area contributed by atoms with E-state index in [0.29, 0.717) is 8.95 Å². The number of hydrogen-bond donors (Lipinski definition) is 0. The first-order chi connectivity index (χ1) is 18.4. The Labute approximate surface area is 250 Å². The molecule has 0 N–H and O–H groups in total. The number of aromatic nitrogens is 2. The molecule has 1 unspecified atom stereocenters. The molecule has 218 valence electrons. The van der Waals surface area contributed by atoms with Gasteiger partial charge in [-0.05, 0) is 74.3 Å². The van der Waals surface area contributed by atoms with E-state index in [1.54, 1.807) is 0 Å². The molecule has 2 aromatic heterocycles. The first kappa shape index (κ1) is 34.1. The number of Topliss-reactive ketones (excluding diaryl/α,β-unsaturated/α-hetero) is 1. The number of hydrogen-bond acceptors (Lipinski definition) is 4. The summed E-state index contributed by atoms with van der Waals surface area (Å²) in [4.78, 5) is 18.9. The highest BCUT2D eigenvalue weighted by Gasteiger charge is 2.68. The van der Waals surface area contributed by atoms with E-state index in [1.165, 1.54) is 54.7 Å². The fourth-order valence-electron chi connectivity index (χ4n) is 3.63. The molecule has 1 atom stereocenters. The lowest BCUT2D eigenvalue weighted by Crippen LogP contribution is -2.34. The molecule has 5 rings (SSSR count). The van der Waals surface area contributed by atoms with Gasteiger partial charge in [-0.3, -0.25) is 14.8 Å². The molecule has 0 radical (unpaired) electrons. The molecule has 4 aromatic rings. The number of ketones is 1. The number of ether oxygens (including phenoxy) is 1. The SMILES string of the molecule is C.C.Fc1ccccc1C1(C(F)(F)c2ccc(Br)cn2)CO1.O=C(c1ccccc1F)C(F)(F)c1ccc(Br)cn1. The monoisotopic (exact) mass is 704 g/mol. The van der Waals surface area contributed by atoms with Gasteiger partial charge >= 0.3 is 11.8 Å². The van der Waals surface area contributed by atoms with Crippen LogP contribution in [0.4, 0.5) is 26.3 Å². The van der Waals surface area contributed by atoms with Crippen LogP contribution < -0.4 is 0 Å². The van der Waals surface area contributed by atoms with Crippen molar-refractivity contribution in [1.29, 1.82) is 0 Å². The third-order valence-corrected chi connectivity index (χ3v) is 6.69. The lowest BCUT2D eigenvalue weighted by Gasteiger charge is -2.24. The largest absolute Gasteiger partial charge is 0.357 e. The first-order valence-corrected chi connectivity index (χ1v) is 12.7. The summed E-state index contributed by atoms with van der Waals surface area (Å²) in [5.74, 6) is -10.6. The third-order valence-electron chi connectivity index (χ3n) is 5.75. The molecule has 12 heteroatoms. The molecule has 0 bridgehead atoms. The zero-order valence-corrected chi connectivity index (χ0v) is 22.7. The molecular weight excluding hydrogens is 682 g/mol. The van der Waals surface area contributed by atoms with Crippen LogP contribution in [0.25, 0.3) is 0 Å². The Morgan fingerprint density at radius 1 is 0.756 bits per heavy atom. The van der Waals surface area contributed by atoms with Gasteiger partial charge in [0.25, 0.3) is 0 Å². The molecule has 1 aliphatic rings. The highest BCUT2D eigenvalue weighted by Crippen LogP contribution is 2.56. The van der Waals surface area contributed by atoms with Crippen molar-refractivity contribution >= 4 is 37.6 Å². The van der Waals surface area contributed by atoms with Crippen LogP contribution in [0.2, 0.25) is 0 Å². The smallest absolute Gasteiger partial charge is 0.351 e. The highest BCUT2D eigenvalue weighted by molar-refractivity contribution is 9.10. The molecule has 1 aliphatic heterocycles. The standard InChI is InChI=1S/C14H9BrF3NO.C13H7BrF3NO.2CH4/c15-9-5-6-12(19-7-9)14(17,18)13(8-20-13)10-3-1-2-4-11(10)16;14-8-5-6-11(18-7-8)13(16,17)12(19)9-3-1-2-4-10(9)15;;/h1-7H,8H2;1-7H;2*1H4. The Morgan fingerprint density at radius 2 is 1.24 bits per heavy atom. The number of rotatable bonds is 6. The Kier molecular flexibility index (Phi) is 11.0. The van der Waals surface area contributed by atoms with Gasteiger partial charge in [0.2, 0.25) is 5.78 Å². The van der Waals surface area contributed by atoms with Crippen LogP contribution >= 0.6 is 31.9 Å². The van der Waals surface area contributed by atoms with Crippen LogP contribution in [-0.4, -0.2) is 22.4 Å². The first-order valence-electron chi connectivity index (χ1n) is 11.1. The highest BCUT2D eigenvalue weighted by atomic mass is 79.9. The van der Waals surface area contributed by atoms with Crippen molar-refractivity contribution in [3.8, 4) is 0 Å². The van der Waals surface area contributed by atoms with Crippen LogP contribution in [-0.2, 0) is 22.2 Å². The molecule has 1 saturated heterocycles. The number of benzene rings is 2. The van der Waals surface area contributed by atoms with Gasteiger partial charge in [0, 0.05) is 26.9 Å². The van der Waals surface area contributed by atoms with Crippen molar-refractivity contribution in [3.63, 3.8) is 0 Å². The number of epoxide rings is 1. The number of carbonyl (C=O) groups excluding carboxylic acids is 1. The van der Waals surface area contributed by atoms with Crippen molar-refractivity contribution in [1.82, 2.24) is 9.97 Å². The van der Waals surface area contributed by atoms with Crippen LogP contribution in [0.5, 0.6) is 0 Å². The van der Waals surface area contributed by atoms with Crippen LogP contribution in [0.3, 0.4) is 0 Å². The summed E-state index contributed by atoms with van der Waals surface area (Å²) in [5.41, 5.74) is -3.92. The van der Waals surface area contributed by atoms with Gasteiger partial charge in [-0.15, -0.1) is 0 Å². The molecule has 41 heavy (non-hydrogen) atoms. The fraction of sp³-hybridized carbons (Fsp3) is 0.207. The maximum absolute atomic E-state index is 14.6. The number of nitrogens with zero attached hydrogens (tertiary/aromatic N) is 2. The number of pyridine rings is 2. The molecule has 0 aliphatic carbocycles. The minimum atomic E-state index is -3.87. The average Bonchev–Trinajstić information content (AvgIpc) is 3.72. The third kappa shape index (κ3) is 6.87. The summed E-state index contributed by atoms with van der Waals surface area (Å²) in [6.45, 7) is -0.237. The lowest BCUT2D eigenvalue weighted by atomic mass is 9.90. The average molecular weight is 706 g/mol. The van der Waals surface area contributed by atoms with Crippen LogP contribution in [0, 0.1) is 11.6 Å². The van der Waals surface area contributed by atoms with Gasteiger partial charge in [-0.25, -0.2) is 8.78 Å². The Balaban J connectivity index is 0.000000274. The molecule has 0 saturated carbocycles. The summed E-state index contributed by atoms with van der Waals surface area (Å²) in [5, 5.41) is 0. The van der Waals surface area contributed by atoms with E-state index >= 15 is 0 Å². The van der Waals surface area contributed by atoms with E-state index < -0.39 is 51.8 Å². The van der Waals surface area contributed by atoms with Gasteiger partial charge in [0.05, 0.1) is 12.2 Å². The van der Waals surface area contributed by atoms with Gasteiger partial charge < -0.3 is 4.74 Å².